The number of halogens is 1. The predicted molar refractivity (Wildman–Crippen MR) is 115 cm³/mol. The van der Waals surface area contributed by atoms with Crippen molar-refractivity contribution < 1.29 is 13.9 Å². The van der Waals surface area contributed by atoms with E-state index in [0.717, 1.165) is 0 Å². The van der Waals surface area contributed by atoms with Gasteiger partial charge in [-0.1, -0.05) is 0 Å². The number of aromatic nitrogens is 5. The monoisotopic (exact) mass is 448 g/mol. The Balaban J connectivity index is 1.81. The number of rotatable bonds is 0. The van der Waals surface area contributed by atoms with E-state index >= 15 is 0 Å². The third kappa shape index (κ3) is 3.39. The minimum Gasteiger partial charge on any atom is -0.377 e. The van der Waals surface area contributed by atoms with Gasteiger partial charge in [-0.3, -0.25) is 9.48 Å². The number of fused-ring (bicyclic) bond motifs is 8. The molecule has 5 rings (SSSR count). The van der Waals surface area contributed by atoms with E-state index in [-0.39, 0.29) is 30.6 Å². The zero-order valence-electron chi connectivity index (χ0n) is 18.4. The number of benzene rings is 1. The lowest BCUT2D eigenvalue weighted by Gasteiger charge is -2.38. The standard InChI is InChI=1S/C22H21FN8O2/c1-12-21-25-20(27-26-12)19-16(28-30(3)17(19)9-24)10-29(2)22(32)14-5-4-13(23)8-15(14)18-11-33-7-6-31(18)21/h4-5,8,18H,6-7,10-11H2,1-3H3/t18-/m1/s1. The lowest BCUT2D eigenvalue weighted by molar-refractivity contribution is 0.0771. The second-order valence-corrected chi connectivity index (χ2v) is 8.13. The molecule has 0 spiro atoms. The molecule has 0 unspecified atom stereocenters. The second kappa shape index (κ2) is 7.90. The van der Waals surface area contributed by atoms with E-state index in [2.05, 4.69) is 21.4 Å². The van der Waals surface area contributed by atoms with Gasteiger partial charge in [-0.2, -0.15) is 10.4 Å². The molecule has 0 radical (unpaired) electrons. The minimum atomic E-state index is -0.451. The van der Waals surface area contributed by atoms with Gasteiger partial charge in [-0.05, 0) is 30.7 Å². The number of nitriles is 1. The van der Waals surface area contributed by atoms with Crippen LogP contribution in [0, 0.1) is 24.1 Å². The van der Waals surface area contributed by atoms with Gasteiger partial charge in [0.15, 0.2) is 11.6 Å². The van der Waals surface area contributed by atoms with E-state index in [1.165, 1.54) is 27.8 Å². The molecule has 11 heteroatoms. The number of anilines is 1. The summed E-state index contributed by atoms with van der Waals surface area (Å²) in [6.45, 7) is 3.06. The van der Waals surface area contributed by atoms with E-state index in [1.807, 2.05) is 4.90 Å². The summed E-state index contributed by atoms with van der Waals surface area (Å²) in [4.78, 5) is 21.7. The highest BCUT2D eigenvalue weighted by Crippen LogP contribution is 2.35. The first-order chi connectivity index (χ1) is 15.9. The highest BCUT2D eigenvalue weighted by atomic mass is 19.1. The molecule has 1 fully saturated rings. The molecule has 1 amide bonds. The van der Waals surface area contributed by atoms with Crippen LogP contribution in [0.1, 0.15) is 39.0 Å². The summed E-state index contributed by atoms with van der Waals surface area (Å²) in [7, 11) is 3.30. The number of hydrogen-bond donors (Lipinski definition) is 0. The summed E-state index contributed by atoms with van der Waals surface area (Å²) in [5, 5.41) is 22.8. The molecule has 2 aliphatic heterocycles. The van der Waals surface area contributed by atoms with Gasteiger partial charge >= 0.3 is 0 Å². The molecular formula is C22H21FN8O2. The molecule has 1 aromatic carbocycles. The SMILES string of the molecule is Cc1nnc2nc1N1CCOC[C@@H]1c1cc(F)ccc1C(=O)N(C)Cc1nn(C)c(C#N)c1-2. The van der Waals surface area contributed by atoms with Gasteiger partial charge in [0, 0.05) is 26.2 Å². The fraction of sp³-hybridized carbons (Fsp3) is 0.364. The number of carbonyl (C=O) groups excluding carboxylic acids is 1. The van der Waals surface area contributed by atoms with E-state index < -0.39 is 11.9 Å². The summed E-state index contributed by atoms with van der Waals surface area (Å²) in [5.41, 5.74) is 2.67. The quantitative estimate of drug-likeness (QED) is 0.511. The number of nitrogens with zero attached hydrogens (tertiary/aromatic N) is 8. The Morgan fingerprint density at radius 2 is 2.09 bits per heavy atom. The topological polar surface area (TPSA) is 113 Å². The van der Waals surface area contributed by atoms with Crippen molar-refractivity contribution in [3.05, 3.63) is 52.2 Å². The van der Waals surface area contributed by atoms with Crippen molar-refractivity contribution in [1.29, 1.82) is 5.26 Å². The van der Waals surface area contributed by atoms with E-state index in [0.29, 0.717) is 47.0 Å². The van der Waals surface area contributed by atoms with Crippen LogP contribution in [0.15, 0.2) is 18.2 Å². The smallest absolute Gasteiger partial charge is 0.254 e. The van der Waals surface area contributed by atoms with Crippen LogP contribution in [0.4, 0.5) is 10.2 Å². The average molecular weight is 448 g/mol. The average Bonchev–Trinajstić information content (AvgIpc) is 3.12. The normalized spacial score (nSPS) is 17.9. The van der Waals surface area contributed by atoms with Crippen molar-refractivity contribution in [2.45, 2.75) is 19.5 Å². The Hall–Kier alpha value is -3.91. The third-order valence-electron chi connectivity index (χ3n) is 6.02. The van der Waals surface area contributed by atoms with Crippen LogP contribution in [0.5, 0.6) is 0 Å². The molecule has 2 aliphatic rings. The second-order valence-electron chi connectivity index (χ2n) is 8.13. The van der Waals surface area contributed by atoms with Gasteiger partial charge in [0.1, 0.15) is 23.3 Å². The molecule has 2 aromatic heterocycles. The van der Waals surface area contributed by atoms with Crippen molar-refractivity contribution >= 4 is 11.7 Å². The van der Waals surface area contributed by atoms with Crippen LogP contribution >= 0.6 is 0 Å². The molecule has 1 atom stereocenters. The van der Waals surface area contributed by atoms with Gasteiger partial charge < -0.3 is 14.5 Å². The Bertz CT molecular complexity index is 1310. The zero-order chi connectivity index (χ0) is 23.3. The number of ether oxygens (including phenoxy) is 1. The Morgan fingerprint density at radius 3 is 2.88 bits per heavy atom. The molecule has 3 aromatic rings. The van der Waals surface area contributed by atoms with Crippen molar-refractivity contribution in [2.75, 3.05) is 31.7 Å². The number of hydrogen-bond acceptors (Lipinski definition) is 8. The van der Waals surface area contributed by atoms with Crippen LogP contribution in [0.3, 0.4) is 0 Å². The third-order valence-corrected chi connectivity index (χ3v) is 6.02. The Morgan fingerprint density at radius 1 is 1.27 bits per heavy atom. The maximum atomic E-state index is 14.4. The maximum absolute atomic E-state index is 14.4. The number of morpholine rings is 1. The highest BCUT2D eigenvalue weighted by Gasteiger charge is 2.34. The van der Waals surface area contributed by atoms with E-state index in [9.17, 15) is 14.4 Å². The predicted octanol–water partition coefficient (Wildman–Crippen LogP) is 1.75. The van der Waals surface area contributed by atoms with Crippen LogP contribution in [0.25, 0.3) is 11.4 Å². The fourth-order valence-electron chi connectivity index (χ4n) is 4.42. The first-order valence-corrected chi connectivity index (χ1v) is 10.5. The minimum absolute atomic E-state index is 0.109. The van der Waals surface area contributed by atoms with Gasteiger partial charge in [0.2, 0.25) is 0 Å². The first-order valence-electron chi connectivity index (χ1n) is 10.5. The molecule has 33 heavy (non-hydrogen) atoms. The molecule has 0 aliphatic carbocycles. The summed E-state index contributed by atoms with van der Waals surface area (Å²) in [6.07, 6.45) is 0. The zero-order valence-corrected chi connectivity index (χ0v) is 18.4. The van der Waals surface area contributed by atoms with Crippen LogP contribution in [-0.2, 0) is 18.3 Å². The lowest BCUT2D eigenvalue weighted by Crippen LogP contribution is -2.42. The van der Waals surface area contributed by atoms with Crippen molar-refractivity contribution in [3.8, 4) is 17.5 Å². The van der Waals surface area contributed by atoms with Gasteiger partial charge in [-0.25, -0.2) is 9.37 Å². The molecule has 4 heterocycles. The van der Waals surface area contributed by atoms with Crippen LogP contribution in [0.2, 0.25) is 0 Å². The van der Waals surface area contributed by atoms with Crippen molar-refractivity contribution in [1.82, 2.24) is 29.9 Å². The molecule has 2 bridgehead atoms. The number of amides is 1. The van der Waals surface area contributed by atoms with Crippen molar-refractivity contribution in [2.24, 2.45) is 7.05 Å². The van der Waals surface area contributed by atoms with Gasteiger partial charge in [0.05, 0.1) is 37.1 Å². The fourth-order valence-corrected chi connectivity index (χ4v) is 4.42. The summed E-state index contributed by atoms with van der Waals surface area (Å²) >= 11 is 0. The molecular weight excluding hydrogens is 427 g/mol. The summed E-state index contributed by atoms with van der Waals surface area (Å²) < 4.78 is 21.5. The van der Waals surface area contributed by atoms with Gasteiger partial charge in [0.25, 0.3) is 5.91 Å². The van der Waals surface area contributed by atoms with Crippen LogP contribution in [-0.4, -0.2) is 62.6 Å². The summed E-state index contributed by atoms with van der Waals surface area (Å²) in [5.74, 6) is 0.0707. The maximum Gasteiger partial charge on any atom is 0.254 e. The Kier molecular flexibility index (Phi) is 5.02. The van der Waals surface area contributed by atoms with E-state index in [1.54, 1.807) is 21.0 Å². The molecule has 168 valence electrons. The molecule has 0 N–H and O–H groups in total. The number of aryl methyl sites for hydroxylation is 2. The van der Waals surface area contributed by atoms with Crippen molar-refractivity contribution in [3.63, 3.8) is 0 Å². The molecule has 0 saturated carbocycles. The number of carbonyl (C=O) groups is 1. The van der Waals surface area contributed by atoms with Crippen LogP contribution < -0.4 is 4.90 Å². The highest BCUT2D eigenvalue weighted by molar-refractivity contribution is 5.96. The molecule has 1 saturated heterocycles. The largest absolute Gasteiger partial charge is 0.377 e. The first kappa shape index (κ1) is 21.0. The lowest BCUT2D eigenvalue weighted by atomic mass is 9.97. The van der Waals surface area contributed by atoms with Gasteiger partial charge in [-0.15, -0.1) is 10.2 Å². The summed E-state index contributed by atoms with van der Waals surface area (Å²) in [6, 6.07) is 5.86. The Labute approximate surface area is 189 Å². The molecule has 10 nitrogen and oxygen atoms in total. The van der Waals surface area contributed by atoms with E-state index in [4.69, 9.17) is 9.72 Å².